The van der Waals surface area contributed by atoms with Crippen molar-refractivity contribution in [2.24, 2.45) is 0 Å². The molecule has 8 heteroatoms. The molecule has 0 aliphatic carbocycles. The number of hydrogen-bond donors (Lipinski definition) is 1. The maximum atomic E-state index is 12.9. The van der Waals surface area contributed by atoms with Crippen molar-refractivity contribution in [1.29, 1.82) is 0 Å². The molecule has 4 nitrogen and oxygen atoms in total. The molecule has 1 N–H and O–H groups in total. The molecule has 3 rings (SSSR count). The molecule has 156 valence electrons. The van der Waals surface area contributed by atoms with Crippen molar-refractivity contribution in [3.05, 3.63) is 75.8 Å². The summed E-state index contributed by atoms with van der Waals surface area (Å²) in [5, 5.41) is 9.40. The van der Waals surface area contributed by atoms with Gasteiger partial charge in [-0.2, -0.15) is 13.2 Å². The Morgan fingerprint density at radius 1 is 1.07 bits per heavy atom. The average molecular weight is 428 g/mol. The summed E-state index contributed by atoms with van der Waals surface area (Å²) >= 11 is 5.84. The van der Waals surface area contributed by atoms with Crippen LogP contribution in [0.1, 0.15) is 23.1 Å². The van der Waals surface area contributed by atoms with Gasteiger partial charge in [0, 0.05) is 13.1 Å². The molecule has 0 radical (unpaired) electrons. The van der Waals surface area contributed by atoms with Gasteiger partial charge < -0.3 is 5.11 Å². The molecule has 0 amide bonds. The molecule has 0 fully saturated rings. The van der Waals surface area contributed by atoms with Gasteiger partial charge in [0.1, 0.15) is 13.3 Å². The van der Waals surface area contributed by atoms with Crippen molar-refractivity contribution in [2.75, 3.05) is 26.4 Å². The second kappa shape index (κ2) is 9.73. The van der Waals surface area contributed by atoms with E-state index in [0.717, 1.165) is 22.8 Å². The number of aliphatic hydroxyl groups excluding tert-OH is 1. The van der Waals surface area contributed by atoms with Gasteiger partial charge in [0.25, 0.3) is 0 Å². The third kappa shape index (κ3) is 5.81. The van der Waals surface area contributed by atoms with E-state index in [1.165, 1.54) is 12.1 Å². The molecular weight excluding hydrogens is 407 g/mol. The molecule has 2 aromatic carbocycles. The van der Waals surface area contributed by atoms with E-state index >= 15 is 0 Å². The monoisotopic (exact) mass is 427 g/mol. The van der Waals surface area contributed by atoms with E-state index in [0.29, 0.717) is 31.7 Å². The van der Waals surface area contributed by atoms with Crippen LogP contribution >= 0.6 is 11.6 Å². The van der Waals surface area contributed by atoms with Gasteiger partial charge in [0.2, 0.25) is 0 Å². The summed E-state index contributed by atoms with van der Waals surface area (Å²) in [7, 11) is 0. The normalized spacial score (nSPS) is 15.8. The quantitative estimate of drug-likeness (QED) is 0.387. The topological polar surface area (TPSA) is 41.9 Å². The van der Waals surface area contributed by atoms with E-state index in [-0.39, 0.29) is 18.4 Å². The fraction of sp³-hybridized carbons (Fsp3) is 0.333. The first-order valence-electron chi connectivity index (χ1n) is 9.08. The number of benzene rings is 2. The summed E-state index contributed by atoms with van der Waals surface area (Å²) in [5.74, 6) is 0. The minimum absolute atomic E-state index is 0.199. The molecular formula is C21H21ClF3NO3. The van der Waals surface area contributed by atoms with E-state index in [2.05, 4.69) is 0 Å². The molecule has 0 saturated carbocycles. The van der Waals surface area contributed by atoms with Crippen LogP contribution in [0.15, 0.2) is 54.1 Å². The van der Waals surface area contributed by atoms with Crippen LogP contribution in [-0.4, -0.2) is 36.4 Å². The maximum absolute atomic E-state index is 12.9. The van der Waals surface area contributed by atoms with Crippen LogP contribution in [0.5, 0.6) is 0 Å². The number of aliphatic hydroxyl groups is 1. The van der Waals surface area contributed by atoms with Gasteiger partial charge in [0.15, 0.2) is 0 Å². The summed E-state index contributed by atoms with van der Waals surface area (Å²) in [6, 6.07) is 13.3. The van der Waals surface area contributed by atoms with Gasteiger partial charge in [-0.15, -0.1) is 0 Å². The number of hydrogen-bond acceptors (Lipinski definition) is 4. The van der Waals surface area contributed by atoms with Crippen LogP contribution in [-0.2, 0) is 22.6 Å². The van der Waals surface area contributed by atoms with Gasteiger partial charge in [0.05, 0.1) is 17.2 Å². The maximum Gasteiger partial charge on any atom is 0.417 e. The smallest absolute Gasteiger partial charge is 0.392 e. The Morgan fingerprint density at radius 2 is 1.83 bits per heavy atom. The first kappa shape index (κ1) is 21.8. The van der Waals surface area contributed by atoms with Gasteiger partial charge in [-0.3, -0.25) is 4.90 Å². The van der Waals surface area contributed by atoms with Crippen molar-refractivity contribution in [3.63, 3.8) is 0 Å². The van der Waals surface area contributed by atoms with Gasteiger partial charge >= 0.3 is 6.18 Å². The van der Waals surface area contributed by atoms with Crippen LogP contribution in [0.25, 0.3) is 5.57 Å². The zero-order chi connectivity index (χ0) is 20.9. The molecule has 1 aliphatic rings. The van der Waals surface area contributed by atoms with E-state index in [9.17, 15) is 18.3 Å². The molecule has 1 heterocycles. The fourth-order valence-corrected chi connectivity index (χ4v) is 3.51. The first-order valence-corrected chi connectivity index (χ1v) is 9.46. The second-order valence-corrected chi connectivity index (χ2v) is 7.14. The molecule has 2 aromatic rings. The first-order chi connectivity index (χ1) is 13.9. The van der Waals surface area contributed by atoms with E-state index < -0.39 is 11.7 Å². The highest BCUT2D eigenvalue weighted by Gasteiger charge is 2.33. The van der Waals surface area contributed by atoms with Crippen LogP contribution in [0.3, 0.4) is 0 Å². The Balaban J connectivity index is 1.60. The van der Waals surface area contributed by atoms with Crippen molar-refractivity contribution in [1.82, 2.24) is 4.90 Å². The van der Waals surface area contributed by atoms with E-state index in [1.54, 1.807) is 0 Å². The molecule has 0 saturated heterocycles. The predicted molar refractivity (Wildman–Crippen MR) is 104 cm³/mol. The molecule has 29 heavy (non-hydrogen) atoms. The molecule has 1 aliphatic heterocycles. The fourth-order valence-electron chi connectivity index (χ4n) is 3.22. The van der Waals surface area contributed by atoms with E-state index in [4.69, 9.17) is 21.4 Å². The highest BCUT2D eigenvalue weighted by atomic mass is 35.5. The Morgan fingerprint density at radius 3 is 2.48 bits per heavy atom. The SMILES string of the molecule is OCC1=C(c2ccc(C(F)(F)F)c(Cl)c2)CCN(COOCc2ccccc2)C1. The summed E-state index contributed by atoms with van der Waals surface area (Å²) in [4.78, 5) is 12.4. The third-order valence-corrected chi connectivity index (χ3v) is 5.03. The summed E-state index contributed by atoms with van der Waals surface area (Å²) in [6.07, 6.45) is -3.94. The summed E-state index contributed by atoms with van der Waals surface area (Å²) in [6.45, 7) is 1.39. The largest absolute Gasteiger partial charge is 0.417 e. The molecule has 0 spiro atoms. The number of rotatable bonds is 7. The Kier molecular flexibility index (Phi) is 7.32. The second-order valence-electron chi connectivity index (χ2n) is 6.73. The Hall–Kier alpha value is -1.90. The number of halogens is 4. The Bertz CT molecular complexity index is 856. The zero-order valence-electron chi connectivity index (χ0n) is 15.6. The van der Waals surface area contributed by atoms with Crippen LogP contribution in [0.2, 0.25) is 5.02 Å². The van der Waals surface area contributed by atoms with E-state index in [1.807, 2.05) is 35.2 Å². The summed E-state index contributed by atoms with van der Waals surface area (Å²) < 4.78 is 38.7. The molecule has 0 bridgehead atoms. The van der Waals surface area contributed by atoms with Crippen molar-refractivity contribution >= 4 is 17.2 Å². The van der Waals surface area contributed by atoms with Gasteiger partial charge in [-0.05, 0) is 40.8 Å². The standard InChI is InChI=1S/C21H21ClF3NO3/c22-20-10-16(6-7-19(20)21(23,24)25)18-8-9-26(11-17(18)12-27)14-29-28-13-15-4-2-1-3-5-15/h1-7,10,27H,8-9,11-14H2. The summed E-state index contributed by atoms with van der Waals surface area (Å²) in [5.41, 5.74) is 2.25. The predicted octanol–water partition coefficient (Wildman–Crippen LogP) is 4.92. The molecule has 0 aromatic heterocycles. The van der Waals surface area contributed by atoms with Crippen LogP contribution in [0.4, 0.5) is 13.2 Å². The van der Waals surface area contributed by atoms with Crippen molar-refractivity contribution in [2.45, 2.75) is 19.2 Å². The van der Waals surface area contributed by atoms with Gasteiger partial charge in [-0.1, -0.05) is 48.0 Å². The minimum atomic E-state index is -4.50. The third-order valence-electron chi connectivity index (χ3n) is 4.72. The lowest BCUT2D eigenvalue weighted by Gasteiger charge is -2.30. The van der Waals surface area contributed by atoms with Crippen molar-refractivity contribution in [3.8, 4) is 0 Å². The van der Waals surface area contributed by atoms with Crippen LogP contribution in [0, 0.1) is 0 Å². The highest BCUT2D eigenvalue weighted by Crippen LogP contribution is 2.37. The van der Waals surface area contributed by atoms with Crippen LogP contribution < -0.4 is 0 Å². The number of nitrogens with zero attached hydrogens (tertiary/aromatic N) is 1. The lowest BCUT2D eigenvalue weighted by atomic mass is 9.93. The molecule has 0 unspecified atom stereocenters. The molecule has 0 atom stereocenters. The minimum Gasteiger partial charge on any atom is -0.392 e. The Labute approximate surface area is 172 Å². The van der Waals surface area contributed by atoms with Gasteiger partial charge in [-0.25, -0.2) is 9.78 Å². The van der Waals surface area contributed by atoms with Crippen molar-refractivity contribution < 1.29 is 28.1 Å². The lowest BCUT2D eigenvalue weighted by molar-refractivity contribution is -0.323. The number of alkyl halides is 3. The average Bonchev–Trinajstić information content (AvgIpc) is 2.71. The zero-order valence-corrected chi connectivity index (χ0v) is 16.3. The lowest BCUT2D eigenvalue weighted by Crippen LogP contribution is -2.34. The highest BCUT2D eigenvalue weighted by molar-refractivity contribution is 6.31.